The van der Waals surface area contributed by atoms with E-state index >= 15 is 0 Å². The second-order valence-electron chi connectivity index (χ2n) is 7.55. The zero-order valence-corrected chi connectivity index (χ0v) is 14.5. The molecule has 2 nitrogen and oxygen atoms in total. The van der Waals surface area contributed by atoms with E-state index in [-0.39, 0.29) is 0 Å². The molecule has 0 saturated heterocycles. The average molecular weight is 331 g/mol. The van der Waals surface area contributed by atoms with Gasteiger partial charge in [0.15, 0.2) is 0 Å². The molecule has 0 radical (unpaired) electrons. The third-order valence-corrected chi connectivity index (χ3v) is 6.65. The van der Waals surface area contributed by atoms with Gasteiger partial charge in [0.1, 0.15) is 0 Å². The first-order valence-corrected chi connectivity index (χ1v) is 9.63. The van der Waals surface area contributed by atoms with E-state index in [9.17, 15) is 0 Å². The highest BCUT2D eigenvalue weighted by Gasteiger charge is 2.34. The molecule has 1 saturated carbocycles. The van der Waals surface area contributed by atoms with Gasteiger partial charge in [0.2, 0.25) is 0 Å². The van der Waals surface area contributed by atoms with Crippen LogP contribution in [-0.4, -0.2) is 11.5 Å². The van der Waals surface area contributed by atoms with Gasteiger partial charge in [-0.25, -0.2) is 0 Å². The Labute approximate surface area is 143 Å². The molecule has 2 aliphatic carbocycles. The summed E-state index contributed by atoms with van der Waals surface area (Å²) >= 11 is 6.41. The lowest BCUT2D eigenvalue weighted by Crippen LogP contribution is -2.32. The van der Waals surface area contributed by atoms with Crippen LogP contribution in [0.3, 0.4) is 0 Å². The summed E-state index contributed by atoms with van der Waals surface area (Å²) < 4.78 is 0. The molecule has 3 N–H and O–H groups in total. The normalized spacial score (nSPS) is 22.8. The van der Waals surface area contributed by atoms with Crippen LogP contribution < -0.4 is 5.73 Å². The third kappa shape index (κ3) is 2.81. The molecule has 2 aromatic rings. The number of fused-ring (bicyclic) bond motifs is 3. The minimum Gasteiger partial charge on any atom is -0.360 e. The van der Waals surface area contributed by atoms with E-state index < -0.39 is 0 Å². The van der Waals surface area contributed by atoms with Gasteiger partial charge in [0.25, 0.3) is 0 Å². The molecule has 4 rings (SSSR count). The average Bonchev–Trinajstić information content (AvgIpc) is 2.90. The van der Waals surface area contributed by atoms with Crippen molar-refractivity contribution in [3.05, 3.63) is 34.5 Å². The Morgan fingerprint density at radius 3 is 2.83 bits per heavy atom. The van der Waals surface area contributed by atoms with E-state index in [1.165, 1.54) is 73.4 Å². The first-order chi connectivity index (χ1) is 11.3. The Morgan fingerprint density at radius 1 is 1.22 bits per heavy atom. The molecule has 2 aliphatic rings. The van der Waals surface area contributed by atoms with E-state index in [2.05, 4.69) is 17.1 Å². The fourth-order valence-corrected chi connectivity index (χ4v) is 5.20. The maximum Gasteiger partial charge on any atom is 0.0662 e. The molecule has 1 aromatic heterocycles. The largest absolute Gasteiger partial charge is 0.360 e. The van der Waals surface area contributed by atoms with Crippen molar-refractivity contribution < 1.29 is 0 Å². The van der Waals surface area contributed by atoms with Gasteiger partial charge in [-0.05, 0) is 73.6 Å². The molecule has 0 amide bonds. The Hall–Kier alpha value is -0.990. The fraction of sp³-hybridized carbons (Fsp3) is 0.600. The van der Waals surface area contributed by atoms with Crippen molar-refractivity contribution in [2.45, 2.75) is 51.4 Å². The number of halogens is 1. The van der Waals surface area contributed by atoms with Gasteiger partial charge in [-0.1, -0.05) is 36.9 Å². The summed E-state index contributed by atoms with van der Waals surface area (Å²) in [5.74, 6) is 2.69. The van der Waals surface area contributed by atoms with Crippen molar-refractivity contribution in [3.63, 3.8) is 0 Å². The summed E-state index contributed by atoms with van der Waals surface area (Å²) in [5, 5.41) is 2.15. The lowest BCUT2D eigenvalue weighted by Gasteiger charge is -2.41. The van der Waals surface area contributed by atoms with Crippen molar-refractivity contribution in [3.8, 4) is 0 Å². The third-order valence-electron chi connectivity index (χ3n) is 6.35. The number of rotatable bonds is 5. The second-order valence-corrected chi connectivity index (χ2v) is 7.96. The number of H-pyrrole nitrogens is 1. The summed E-state index contributed by atoms with van der Waals surface area (Å²) in [4.78, 5) is 3.29. The molecule has 0 bridgehead atoms. The highest BCUT2D eigenvalue weighted by atomic mass is 35.5. The maximum absolute atomic E-state index is 6.41. The Morgan fingerprint density at radius 2 is 2.09 bits per heavy atom. The number of nitrogens with one attached hydrogen (secondary N) is 1. The number of hydrogen-bond acceptors (Lipinski definition) is 1. The number of aryl methyl sites for hydroxylation is 1. The standard InChI is InChI=1S/C20H27ClN2/c21-18-12-23-19-9-7-15-11-14(6-8-17(15)20(18)19)16(5-2-10-22)13-3-1-4-13/h7,9,12-14,16,23H,1-6,8,10-11,22H2. The van der Waals surface area contributed by atoms with Crippen LogP contribution in [0, 0.1) is 17.8 Å². The van der Waals surface area contributed by atoms with Gasteiger partial charge in [0.05, 0.1) is 5.02 Å². The molecule has 124 valence electrons. The monoisotopic (exact) mass is 330 g/mol. The van der Waals surface area contributed by atoms with Gasteiger partial charge in [-0.15, -0.1) is 0 Å². The van der Waals surface area contributed by atoms with Crippen LogP contribution in [0.25, 0.3) is 10.9 Å². The van der Waals surface area contributed by atoms with Crippen LogP contribution in [0.5, 0.6) is 0 Å². The van der Waals surface area contributed by atoms with Crippen molar-refractivity contribution in [1.82, 2.24) is 4.98 Å². The van der Waals surface area contributed by atoms with Crippen LogP contribution >= 0.6 is 11.6 Å². The molecule has 0 spiro atoms. The van der Waals surface area contributed by atoms with Gasteiger partial charge < -0.3 is 10.7 Å². The van der Waals surface area contributed by atoms with Crippen LogP contribution in [-0.2, 0) is 12.8 Å². The number of benzene rings is 1. The molecular weight excluding hydrogens is 304 g/mol. The zero-order valence-electron chi connectivity index (χ0n) is 13.8. The van der Waals surface area contributed by atoms with Crippen LogP contribution in [0.15, 0.2) is 18.3 Å². The van der Waals surface area contributed by atoms with E-state index in [1.807, 2.05) is 6.20 Å². The number of aromatic amines is 1. The topological polar surface area (TPSA) is 41.8 Å². The van der Waals surface area contributed by atoms with Gasteiger partial charge >= 0.3 is 0 Å². The van der Waals surface area contributed by atoms with Crippen LogP contribution in [0.4, 0.5) is 0 Å². The van der Waals surface area contributed by atoms with E-state index in [1.54, 1.807) is 0 Å². The summed E-state index contributed by atoms with van der Waals surface area (Å²) in [6, 6.07) is 4.54. The molecule has 0 aliphatic heterocycles. The van der Waals surface area contributed by atoms with Gasteiger partial charge in [-0.2, -0.15) is 0 Å². The maximum atomic E-state index is 6.41. The van der Waals surface area contributed by atoms with Crippen molar-refractivity contribution >= 4 is 22.5 Å². The van der Waals surface area contributed by atoms with Crippen LogP contribution in [0.2, 0.25) is 5.02 Å². The van der Waals surface area contributed by atoms with Gasteiger partial charge in [0, 0.05) is 17.1 Å². The smallest absolute Gasteiger partial charge is 0.0662 e. The number of hydrogen-bond donors (Lipinski definition) is 2. The Kier molecular flexibility index (Phi) is 4.38. The van der Waals surface area contributed by atoms with Crippen LogP contribution in [0.1, 0.15) is 49.7 Å². The second kappa shape index (κ2) is 6.49. The molecule has 1 heterocycles. The minimum absolute atomic E-state index is 0.839. The summed E-state index contributed by atoms with van der Waals surface area (Å²) in [6.07, 6.45) is 12.5. The van der Waals surface area contributed by atoms with E-state index in [0.717, 1.165) is 29.3 Å². The number of nitrogens with two attached hydrogens (primary N) is 1. The SMILES string of the molecule is NCCCC(C1CCC1)C1CCc2c(ccc3[nH]cc(Cl)c23)C1. The van der Waals surface area contributed by atoms with Gasteiger partial charge in [-0.3, -0.25) is 0 Å². The minimum atomic E-state index is 0.839. The predicted octanol–water partition coefficient (Wildman–Crippen LogP) is 5.08. The molecule has 2 unspecified atom stereocenters. The first kappa shape index (κ1) is 15.5. The van der Waals surface area contributed by atoms with Crippen molar-refractivity contribution in [2.24, 2.45) is 23.5 Å². The molecule has 1 fully saturated rings. The summed E-state index contributed by atoms with van der Waals surface area (Å²) in [7, 11) is 0. The lowest BCUT2D eigenvalue weighted by molar-refractivity contribution is 0.122. The molecule has 23 heavy (non-hydrogen) atoms. The molecule has 3 heteroatoms. The molecule has 2 atom stereocenters. The first-order valence-electron chi connectivity index (χ1n) is 9.25. The van der Waals surface area contributed by atoms with E-state index in [4.69, 9.17) is 17.3 Å². The Balaban J connectivity index is 1.59. The fourth-order valence-electron chi connectivity index (χ4n) is 4.93. The zero-order chi connectivity index (χ0) is 15.8. The van der Waals surface area contributed by atoms with E-state index in [0.29, 0.717) is 0 Å². The predicted molar refractivity (Wildman–Crippen MR) is 97.9 cm³/mol. The number of aromatic nitrogens is 1. The summed E-state index contributed by atoms with van der Waals surface area (Å²) in [6.45, 7) is 0.839. The van der Waals surface area contributed by atoms with Crippen molar-refractivity contribution in [2.75, 3.05) is 6.54 Å². The molecular formula is C20H27ClN2. The Bertz CT molecular complexity index is 686. The summed E-state index contributed by atoms with van der Waals surface area (Å²) in [5.41, 5.74) is 10.0. The van der Waals surface area contributed by atoms with Crippen molar-refractivity contribution in [1.29, 1.82) is 0 Å². The highest BCUT2D eigenvalue weighted by Crippen LogP contribution is 2.45. The highest BCUT2D eigenvalue weighted by molar-refractivity contribution is 6.35. The quantitative estimate of drug-likeness (QED) is 0.788. The molecule has 1 aromatic carbocycles. The lowest BCUT2D eigenvalue weighted by atomic mass is 9.64.